The number of ketones is 1. The van der Waals surface area contributed by atoms with Gasteiger partial charge in [-0.2, -0.15) is 0 Å². The molecule has 0 aromatic heterocycles. The highest BCUT2D eigenvalue weighted by molar-refractivity contribution is 6.00. The van der Waals surface area contributed by atoms with Gasteiger partial charge < -0.3 is 4.79 Å². The molecule has 0 bridgehead atoms. The van der Waals surface area contributed by atoms with E-state index in [1.807, 2.05) is 40.6 Å². The summed E-state index contributed by atoms with van der Waals surface area (Å²) in [6, 6.07) is 5.36. The lowest BCUT2D eigenvalue weighted by Gasteiger charge is -2.14. The van der Waals surface area contributed by atoms with Crippen molar-refractivity contribution in [2.75, 3.05) is 0 Å². The second-order valence-electron chi connectivity index (χ2n) is 7.26. The Labute approximate surface area is 189 Å². The lowest BCUT2D eigenvalue weighted by molar-refractivity contribution is -0.113. The lowest BCUT2D eigenvalue weighted by Crippen LogP contribution is -2.04. The van der Waals surface area contributed by atoms with E-state index in [1.165, 1.54) is 39.0 Å². The minimum Gasteiger partial charge on any atom is -0.307 e. The van der Waals surface area contributed by atoms with Crippen molar-refractivity contribution in [3.63, 3.8) is 0 Å². The molecule has 0 heterocycles. The summed E-state index contributed by atoms with van der Waals surface area (Å²) >= 11 is 0. The molecule has 2 aliphatic carbocycles. The fourth-order valence-electron chi connectivity index (χ4n) is 4.20. The molecule has 1 aromatic rings. The summed E-state index contributed by atoms with van der Waals surface area (Å²) in [7, 11) is 0. The van der Waals surface area contributed by atoms with Crippen LogP contribution in [-0.4, -0.2) is 19.0 Å². The summed E-state index contributed by atoms with van der Waals surface area (Å²) in [6.07, 6.45) is 7.07. The minimum absolute atomic E-state index is 0.0131. The number of hydrogen-bond acceptors (Lipinski definition) is 2. The van der Waals surface area contributed by atoms with Gasteiger partial charge in [-0.25, -0.2) is 8.78 Å². The Bertz CT molecular complexity index is 628. The van der Waals surface area contributed by atoms with Gasteiger partial charge in [0, 0.05) is 12.8 Å². The summed E-state index contributed by atoms with van der Waals surface area (Å²) in [6.45, 7) is 16.2. The quantitative estimate of drug-likeness (QED) is 0.465. The summed E-state index contributed by atoms with van der Waals surface area (Å²) in [4.78, 5) is 19.2. The average molecular weight is 439 g/mol. The molecule has 0 saturated heterocycles. The van der Waals surface area contributed by atoms with Crippen LogP contribution in [0.3, 0.4) is 0 Å². The van der Waals surface area contributed by atoms with Crippen LogP contribution < -0.4 is 0 Å². The second kappa shape index (κ2) is 18.9. The Morgan fingerprint density at radius 3 is 1.97 bits per heavy atom. The zero-order chi connectivity index (χ0) is 24.4. The molecule has 0 aliphatic heterocycles. The maximum Gasteiger partial charge on any atom is 0.242 e. The van der Waals surface area contributed by atoms with Crippen molar-refractivity contribution in [3.05, 3.63) is 40.5 Å². The SMILES string of the molecule is C=O.CC.CC.CC(=O)C1=Cc2c(cccc2CC(F)F)C1.CCC1CCCC1CC. The summed E-state index contributed by atoms with van der Waals surface area (Å²) in [5.74, 6) is 2.17. The van der Waals surface area contributed by atoms with Crippen LogP contribution in [0.1, 0.15) is 97.3 Å². The van der Waals surface area contributed by atoms with E-state index in [1.54, 1.807) is 18.2 Å². The van der Waals surface area contributed by atoms with Crippen LogP contribution in [0.4, 0.5) is 8.78 Å². The highest BCUT2D eigenvalue weighted by atomic mass is 19.3. The predicted octanol–water partition coefficient (Wildman–Crippen LogP) is 8.11. The fraction of sp³-hybridized carbons (Fsp3) is 0.630. The first-order chi connectivity index (χ1) is 15.0. The third-order valence-electron chi connectivity index (χ3n) is 5.68. The van der Waals surface area contributed by atoms with Crippen molar-refractivity contribution in [3.8, 4) is 0 Å². The van der Waals surface area contributed by atoms with Crippen LogP contribution in [0.15, 0.2) is 23.8 Å². The van der Waals surface area contributed by atoms with E-state index >= 15 is 0 Å². The van der Waals surface area contributed by atoms with Crippen LogP contribution in [0.25, 0.3) is 6.08 Å². The van der Waals surface area contributed by atoms with Crippen LogP contribution in [0, 0.1) is 11.8 Å². The second-order valence-corrected chi connectivity index (χ2v) is 7.26. The maximum atomic E-state index is 12.4. The lowest BCUT2D eigenvalue weighted by atomic mass is 9.92. The number of Topliss-reactive ketones (excluding diaryl/α,β-unsaturated/α-hetero) is 1. The van der Waals surface area contributed by atoms with Crippen molar-refractivity contribution < 1.29 is 18.4 Å². The standard InChI is InChI=1S/C13H12F2O.C9H18.2C2H6.CH2O/c1-8(16)11-5-9-3-2-4-10(7-13(14)15)12(9)6-11;1-3-8-6-5-7-9(8)4-2;3*1-2/h2-4,6,13H,5,7H2,1H3;8-9H,3-7H2,1-2H3;2*1-2H3;1H2. The summed E-state index contributed by atoms with van der Waals surface area (Å²) in [5, 5.41) is 0. The first-order valence-electron chi connectivity index (χ1n) is 11.9. The molecule has 0 spiro atoms. The molecule has 2 aliphatic rings. The smallest absolute Gasteiger partial charge is 0.242 e. The van der Waals surface area contributed by atoms with E-state index < -0.39 is 6.43 Å². The number of halogens is 2. The highest BCUT2D eigenvalue weighted by Crippen LogP contribution is 2.35. The molecule has 178 valence electrons. The van der Waals surface area contributed by atoms with E-state index in [0.717, 1.165) is 23.0 Å². The van der Waals surface area contributed by atoms with Gasteiger partial charge in [-0.05, 0) is 47.1 Å². The minimum atomic E-state index is -2.35. The molecule has 0 amide bonds. The number of rotatable bonds is 5. The summed E-state index contributed by atoms with van der Waals surface area (Å²) in [5.41, 5.74) is 3.12. The third kappa shape index (κ3) is 10.8. The number of carbonyl (C=O) groups is 2. The topological polar surface area (TPSA) is 34.1 Å². The Morgan fingerprint density at radius 1 is 1.03 bits per heavy atom. The van der Waals surface area contributed by atoms with Crippen molar-refractivity contribution in [1.82, 2.24) is 0 Å². The van der Waals surface area contributed by atoms with E-state index in [-0.39, 0.29) is 12.2 Å². The van der Waals surface area contributed by atoms with Gasteiger partial charge in [-0.3, -0.25) is 4.79 Å². The Kier molecular flexibility index (Phi) is 19.1. The molecular formula is C27H44F2O2. The zero-order valence-electron chi connectivity index (χ0n) is 20.8. The zero-order valence-corrected chi connectivity index (χ0v) is 20.8. The van der Waals surface area contributed by atoms with Gasteiger partial charge in [0.05, 0.1) is 0 Å². The van der Waals surface area contributed by atoms with Crippen LogP contribution >= 0.6 is 0 Å². The number of alkyl halides is 2. The van der Waals surface area contributed by atoms with Gasteiger partial charge in [0.1, 0.15) is 6.79 Å². The first kappa shape index (κ1) is 31.3. The molecule has 0 N–H and O–H groups in total. The van der Waals surface area contributed by atoms with Gasteiger partial charge in [-0.15, -0.1) is 0 Å². The van der Waals surface area contributed by atoms with Gasteiger partial charge >= 0.3 is 0 Å². The maximum absolute atomic E-state index is 12.4. The molecule has 1 saturated carbocycles. The fourth-order valence-corrected chi connectivity index (χ4v) is 4.20. The third-order valence-corrected chi connectivity index (χ3v) is 5.68. The average Bonchev–Trinajstić information content (AvgIpc) is 3.45. The molecular weight excluding hydrogens is 394 g/mol. The summed E-state index contributed by atoms with van der Waals surface area (Å²) < 4.78 is 24.7. The van der Waals surface area contributed by atoms with E-state index in [0.29, 0.717) is 17.6 Å². The van der Waals surface area contributed by atoms with E-state index in [9.17, 15) is 13.6 Å². The molecule has 3 rings (SSSR count). The van der Waals surface area contributed by atoms with E-state index in [4.69, 9.17) is 4.79 Å². The Morgan fingerprint density at radius 2 is 1.55 bits per heavy atom. The van der Waals surface area contributed by atoms with E-state index in [2.05, 4.69) is 13.8 Å². The van der Waals surface area contributed by atoms with Crippen molar-refractivity contribution in [1.29, 1.82) is 0 Å². The molecule has 1 aromatic carbocycles. The highest BCUT2D eigenvalue weighted by Gasteiger charge is 2.23. The molecule has 4 heteroatoms. The van der Waals surface area contributed by atoms with Gasteiger partial charge in [0.2, 0.25) is 6.43 Å². The molecule has 0 radical (unpaired) electrons. The monoisotopic (exact) mass is 438 g/mol. The van der Waals surface area contributed by atoms with Crippen LogP contribution in [0.5, 0.6) is 0 Å². The number of carbonyl (C=O) groups excluding carboxylic acids is 2. The van der Waals surface area contributed by atoms with Gasteiger partial charge in [-0.1, -0.05) is 91.8 Å². The van der Waals surface area contributed by atoms with Crippen LogP contribution in [0.2, 0.25) is 0 Å². The van der Waals surface area contributed by atoms with Gasteiger partial charge in [0.15, 0.2) is 5.78 Å². The first-order valence-corrected chi connectivity index (χ1v) is 11.9. The largest absolute Gasteiger partial charge is 0.307 e. The van der Waals surface area contributed by atoms with Crippen molar-refractivity contribution in [2.45, 2.75) is 99.8 Å². The number of benzene rings is 1. The molecule has 2 nitrogen and oxygen atoms in total. The van der Waals surface area contributed by atoms with Gasteiger partial charge in [0.25, 0.3) is 0 Å². The molecule has 1 fully saturated rings. The normalized spacial score (nSPS) is 17.9. The molecule has 31 heavy (non-hydrogen) atoms. The number of hydrogen-bond donors (Lipinski definition) is 0. The van der Waals surface area contributed by atoms with Crippen molar-refractivity contribution >= 4 is 18.6 Å². The number of allylic oxidation sites excluding steroid dienone is 1. The Balaban J connectivity index is 0. The molecule has 2 atom stereocenters. The Hall–Kier alpha value is -1.84. The van der Waals surface area contributed by atoms with Crippen molar-refractivity contribution in [2.24, 2.45) is 11.8 Å². The number of fused-ring (bicyclic) bond motifs is 1. The predicted molar refractivity (Wildman–Crippen MR) is 130 cm³/mol. The van der Waals surface area contributed by atoms with Crippen LogP contribution in [-0.2, 0) is 22.4 Å². The molecule has 2 unspecified atom stereocenters.